The van der Waals surface area contributed by atoms with Gasteiger partial charge in [-0.25, -0.2) is 8.42 Å². The number of morpholine rings is 1. The molecule has 1 amide bonds. The summed E-state index contributed by atoms with van der Waals surface area (Å²) in [5.74, 6) is -0.286. The predicted molar refractivity (Wildman–Crippen MR) is 128 cm³/mol. The van der Waals surface area contributed by atoms with E-state index in [9.17, 15) is 13.2 Å². The van der Waals surface area contributed by atoms with Crippen molar-refractivity contribution < 1.29 is 22.7 Å². The molecule has 34 heavy (non-hydrogen) atoms. The van der Waals surface area contributed by atoms with Crippen molar-refractivity contribution in [1.82, 2.24) is 14.3 Å². The van der Waals surface area contributed by atoms with E-state index in [1.54, 1.807) is 18.3 Å². The van der Waals surface area contributed by atoms with Crippen LogP contribution in [-0.4, -0.2) is 61.0 Å². The number of fused-ring (bicyclic) bond motifs is 2. The van der Waals surface area contributed by atoms with E-state index in [0.29, 0.717) is 27.2 Å². The Balaban J connectivity index is 1.41. The molecular weight excluding hydrogens is 480 g/mol. The van der Waals surface area contributed by atoms with E-state index in [-0.39, 0.29) is 36.9 Å². The van der Waals surface area contributed by atoms with Gasteiger partial charge in [-0.1, -0.05) is 29.8 Å². The van der Waals surface area contributed by atoms with Crippen molar-refractivity contribution in [1.29, 1.82) is 0 Å². The number of nitrogens with two attached hydrogens (primary N) is 1. The molecule has 0 aliphatic carbocycles. The quantitative estimate of drug-likeness (QED) is 0.419. The maximum atomic E-state index is 13.6. The molecule has 2 aromatic carbocycles. The zero-order chi connectivity index (χ0) is 23.9. The average molecular weight is 501 g/mol. The number of rotatable bonds is 6. The molecule has 11 heteroatoms. The van der Waals surface area contributed by atoms with Crippen LogP contribution in [0.2, 0.25) is 5.02 Å². The van der Waals surface area contributed by atoms with E-state index >= 15 is 0 Å². The van der Waals surface area contributed by atoms with Crippen LogP contribution in [0, 0.1) is 0 Å². The number of primary amides is 1. The molecule has 1 fully saturated rings. The smallest absolute Gasteiger partial charge is 0.266 e. The minimum Gasteiger partial charge on any atom is -0.489 e. The van der Waals surface area contributed by atoms with Crippen LogP contribution in [0.4, 0.5) is 0 Å². The number of aromatic nitrogens is 2. The highest BCUT2D eigenvalue weighted by Crippen LogP contribution is 2.32. The Bertz CT molecular complexity index is 1500. The lowest BCUT2D eigenvalue weighted by atomic mass is 10.2. The number of carbonyl (C=O) groups excluding carboxylic acids is 1. The minimum atomic E-state index is -4.09. The van der Waals surface area contributed by atoms with Gasteiger partial charge in [0.05, 0.1) is 6.61 Å². The first-order chi connectivity index (χ1) is 16.3. The number of hydrogen-bond acceptors (Lipinski definition) is 6. The third-order valence-corrected chi connectivity index (χ3v) is 7.87. The van der Waals surface area contributed by atoms with E-state index in [1.165, 1.54) is 10.4 Å². The Labute approximate surface area is 200 Å². The lowest BCUT2D eigenvalue weighted by Crippen LogP contribution is -2.47. The van der Waals surface area contributed by atoms with E-state index in [1.807, 2.05) is 30.3 Å². The first kappa shape index (κ1) is 22.6. The zero-order valence-electron chi connectivity index (χ0n) is 17.9. The number of sulfonamides is 1. The molecule has 3 heterocycles. The molecular formula is C23H21ClN4O5S. The molecule has 4 aromatic rings. The summed E-state index contributed by atoms with van der Waals surface area (Å²) in [5.41, 5.74) is 6.48. The van der Waals surface area contributed by atoms with Gasteiger partial charge in [0, 0.05) is 40.6 Å². The number of ether oxygens (including phenoxy) is 2. The second-order valence-electron chi connectivity index (χ2n) is 7.88. The normalized spacial score (nSPS) is 17.3. The van der Waals surface area contributed by atoms with Gasteiger partial charge in [-0.2, -0.15) is 4.31 Å². The van der Waals surface area contributed by atoms with E-state index in [0.717, 1.165) is 5.39 Å². The van der Waals surface area contributed by atoms with Crippen LogP contribution in [0.15, 0.2) is 59.6 Å². The van der Waals surface area contributed by atoms with Gasteiger partial charge in [-0.3, -0.25) is 9.78 Å². The second kappa shape index (κ2) is 8.88. The number of aromatic amines is 1. The lowest BCUT2D eigenvalue weighted by Gasteiger charge is -2.32. The van der Waals surface area contributed by atoms with Crippen molar-refractivity contribution in [3.8, 4) is 5.75 Å². The monoisotopic (exact) mass is 500 g/mol. The molecule has 1 atom stereocenters. The van der Waals surface area contributed by atoms with Gasteiger partial charge in [0.25, 0.3) is 5.91 Å². The zero-order valence-corrected chi connectivity index (χ0v) is 19.5. The van der Waals surface area contributed by atoms with Gasteiger partial charge < -0.3 is 20.2 Å². The minimum absolute atomic E-state index is 0.0476. The molecule has 1 aliphatic heterocycles. The standard InChI is InChI=1S/C23H21ClN4O5S/c24-15-6-7-18-17(11-15)22(21(27-18)23(25)29)34(30,31)28-9-10-32-16(12-28)13-33-19-5-1-3-14-4-2-8-26-20(14)19/h1-8,11,16,27H,9-10,12-13H2,(H2,25,29)/t16-/m0/s1. The van der Waals surface area contributed by atoms with Crippen molar-refractivity contribution in [2.24, 2.45) is 5.73 Å². The topological polar surface area (TPSA) is 128 Å². The number of amides is 1. The molecule has 3 N–H and O–H groups in total. The molecule has 176 valence electrons. The summed E-state index contributed by atoms with van der Waals surface area (Å²) in [4.78, 5) is 19.1. The van der Waals surface area contributed by atoms with Crippen molar-refractivity contribution in [3.63, 3.8) is 0 Å². The van der Waals surface area contributed by atoms with Gasteiger partial charge in [0.15, 0.2) is 0 Å². The Morgan fingerprint density at radius 2 is 2.09 bits per heavy atom. The third-order valence-electron chi connectivity index (χ3n) is 5.68. The van der Waals surface area contributed by atoms with Crippen LogP contribution in [0.3, 0.4) is 0 Å². The highest BCUT2D eigenvalue weighted by atomic mass is 35.5. The fourth-order valence-corrected chi connectivity index (χ4v) is 6.06. The van der Waals surface area contributed by atoms with Crippen LogP contribution in [0.1, 0.15) is 10.5 Å². The van der Waals surface area contributed by atoms with E-state index in [2.05, 4.69) is 9.97 Å². The van der Waals surface area contributed by atoms with Crippen molar-refractivity contribution in [2.75, 3.05) is 26.3 Å². The van der Waals surface area contributed by atoms with Crippen LogP contribution in [-0.2, 0) is 14.8 Å². The fourth-order valence-electron chi connectivity index (χ4n) is 4.10. The van der Waals surface area contributed by atoms with E-state index < -0.39 is 22.0 Å². The maximum absolute atomic E-state index is 13.6. The summed E-state index contributed by atoms with van der Waals surface area (Å²) in [6, 6.07) is 14.1. The average Bonchev–Trinajstić information content (AvgIpc) is 3.23. The largest absolute Gasteiger partial charge is 0.489 e. The summed E-state index contributed by atoms with van der Waals surface area (Å²) >= 11 is 6.10. The first-order valence-electron chi connectivity index (χ1n) is 10.5. The summed E-state index contributed by atoms with van der Waals surface area (Å²) < 4.78 is 40.3. The molecule has 0 saturated carbocycles. The summed E-state index contributed by atoms with van der Waals surface area (Å²) in [6.07, 6.45) is 1.16. The highest BCUT2D eigenvalue weighted by Gasteiger charge is 2.36. The van der Waals surface area contributed by atoms with E-state index in [4.69, 9.17) is 26.8 Å². The van der Waals surface area contributed by atoms with Crippen molar-refractivity contribution in [3.05, 3.63) is 65.4 Å². The number of nitrogens with one attached hydrogen (secondary N) is 1. The SMILES string of the molecule is NC(=O)c1[nH]c2ccc(Cl)cc2c1S(=O)(=O)N1CCO[C@H](COc2cccc3cccnc23)C1. The number of halogens is 1. The third kappa shape index (κ3) is 4.09. The number of pyridine rings is 1. The van der Waals surface area contributed by atoms with Crippen LogP contribution in [0.25, 0.3) is 21.8 Å². The number of carbonyl (C=O) groups is 1. The molecule has 1 saturated heterocycles. The molecule has 2 aromatic heterocycles. The fraction of sp³-hybridized carbons (Fsp3) is 0.217. The Hall–Kier alpha value is -3.18. The summed E-state index contributed by atoms with van der Waals surface area (Å²) in [6.45, 7) is 0.478. The Morgan fingerprint density at radius 3 is 2.91 bits per heavy atom. The van der Waals surface area contributed by atoms with Gasteiger partial charge in [-0.15, -0.1) is 0 Å². The summed E-state index contributed by atoms with van der Waals surface area (Å²) in [5, 5.41) is 1.59. The molecule has 0 bridgehead atoms. The van der Waals surface area contributed by atoms with Crippen LogP contribution < -0.4 is 10.5 Å². The number of para-hydroxylation sites is 1. The molecule has 0 unspecified atom stereocenters. The maximum Gasteiger partial charge on any atom is 0.266 e. The number of hydrogen-bond donors (Lipinski definition) is 2. The molecule has 0 radical (unpaired) electrons. The van der Waals surface area contributed by atoms with Gasteiger partial charge in [-0.05, 0) is 30.3 Å². The van der Waals surface area contributed by atoms with Crippen LogP contribution in [0.5, 0.6) is 5.75 Å². The Morgan fingerprint density at radius 1 is 1.26 bits per heavy atom. The number of nitrogens with zero attached hydrogens (tertiary/aromatic N) is 2. The molecule has 0 spiro atoms. The van der Waals surface area contributed by atoms with Gasteiger partial charge in [0.1, 0.15) is 34.6 Å². The lowest BCUT2D eigenvalue weighted by molar-refractivity contribution is -0.0247. The molecule has 1 aliphatic rings. The van der Waals surface area contributed by atoms with Gasteiger partial charge >= 0.3 is 0 Å². The van der Waals surface area contributed by atoms with Gasteiger partial charge in [0.2, 0.25) is 10.0 Å². The highest BCUT2D eigenvalue weighted by molar-refractivity contribution is 7.89. The number of benzene rings is 2. The first-order valence-corrected chi connectivity index (χ1v) is 12.4. The predicted octanol–water partition coefficient (Wildman–Crippen LogP) is 2.94. The second-order valence-corrected chi connectivity index (χ2v) is 10.2. The number of H-pyrrole nitrogens is 1. The molecule has 5 rings (SSSR count). The van der Waals surface area contributed by atoms with Crippen molar-refractivity contribution in [2.45, 2.75) is 11.0 Å². The molecule has 9 nitrogen and oxygen atoms in total. The van der Waals surface area contributed by atoms with Crippen LogP contribution >= 0.6 is 11.6 Å². The summed E-state index contributed by atoms with van der Waals surface area (Å²) in [7, 11) is -4.09. The van der Waals surface area contributed by atoms with Crippen molar-refractivity contribution >= 4 is 49.3 Å². The Kier molecular flexibility index (Phi) is 5.90.